The molecule has 8 heteroatoms. The van der Waals surface area contributed by atoms with Crippen molar-refractivity contribution in [2.24, 2.45) is 0 Å². The third kappa shape index (κ3) is 4.19. The van der Waals surface area contributed by atoms with E-state index in [0.29, 0.717) is 23.4 Å². The number of benzene rings is 1. The summed E-state index contributed by atoms with van der Waals surface area (Å²) in [7, 11) is -3.09. The number of carbonyl (C=O) groups is 1. The Hall–Kier alpha value is -2.66. The van der Waals surface area contributed by atoms with Crippen LogP contribution in [0.4, 0.5) is 5.82 Å². The van der Waals surface area contributed by atoms with Gasteiger partial charge < -0.3 is 5.32 Å². The van der Waals surface area contributed by atoms with E-state index in [-0.39, 0.29) is 28.9 Å². The van der Waals surface area contributed by atoms with E-state index in [2.05, 4.69) is 10.4 Å². The first kappa shape index (κ1) is 19.1. The van der Waals surface area contributed by atoms with Crippen LogP contribution in [0, 0.1) is 11.3 Å². The molecule has 1 fully saturated rings. The van der Waals surface area contributed by atoms with E-state index in [1.807, 2.05) is 26.8 Å². The van der Waals surface area contributed by atoms with Gasteiger partial charge in [-0.15, -0.1) is 0 Å². The number of hydrogen-bond acceptors (Lipinski definition) is 5. The summed E-state index contributed by atoms with van der Waals surface area (Å²) in [6, 6.07) is 9.92. The average molecular weight is 386 g/mol. The van der Waals surface area contributed by atoms with Crippen molar-refractivity contribution in [1.29, 1.82) is 5.26 Å². The maximum Gasteiger partial charge on any atom is 0.256 e. The van der Waals surface area contributed by atoms with E-state index in [4.69, 9.17) is 5.26 Å². The predicted molar refractivity (Wildman–Crippen MR) is 102 cm³/mol. The Morgan fingerprint density at radius 3 is 2.67 bits per heavy atom. The van der Waals surface area contributed by atoms with Gasteiger partial charge in [0.1, 0.15) is 5.82 Å². The molecule has 0 radical (unpaired) electrons. The molecule has 0 aliphatic carbocycles. The first-order valence-corrected chi connectivity index (χ1v) is 10.5. The molecule has 1 N–H and O–H groups in total. The fourth-order valence-electron chi connectivity index (χ4n) is 3.02. The van der Waals surface area contributed by atoms with Crippen molar-refractivity contribution in [2.45, 2.75) is 38.6 Å². The molecule has 0 bridgehead atoms. The summed E-state index contributed by atoms with van der Waals surface area (Å²) in [5.41, 5.74) is 1.28. The second-order valence-electron chi connectivity index (χ2n) is 7.81. The summed E-state index contributed by atoms with van der Waals surface area (Å²) < 4.78 is 25.4. The van der Waals surface area contributed by atoms with Crippen LogP contribution in [0.3, 0.4) is 0 Å². The van der Waals surface area contributed by atoms with Crippen LogP contribution in [0.2, 0.25) is 0 Å². The number of hydrogen-bond donors (Lipinski definition) is 1. The van der Waals surface area contributed by atoms with Crippen molar-refractivity contribution in [1.82, 2.24) is 9.78 Å². The van der Waals surface area contributed by atoms with E-state index >= 15 is 0 Å². The Balaban J connectivity index is 1.95. The van der Waals surface area contributed by atoms with Crippen molar-refractivity contribution >= 4 is 21.6 Å². The Kier molecular flexibility index (Phi) is 4.82. The summed E-state index contributed by atoms with van der Waals surface area (Å²) in [5, 5.41) is 16.4. The predicted octanol–water partition coefficient (Wildman–Crippen LogP) is 2.66. The van der Waals surface area contributed by atoms with Crippen molar-refractivity contribution in [3.8, 4) is 6.07 Å². The van der Waals surface area contributed by atoms with Gasteiger partial charge in [0.25, 0.3) is 5.91 Å². The van der Waals surface area contributed by atoms with Crippen LogP contribution in [-0.2, 0) is 15.3 Å². The van der Waals surface area contributed by atoms with E-state index in [1.165, 1.54) is 6.07 Å². The van der Waals surface area contributed by atoms with Gasteiger partial charge in [-0.05, 0) is 24.6 Å². The van der Waals surface area contributed by atoms with Crippen molar-refractivity contribution in [3.05, 3.63) is 47.2 Å². The van der Waals surface area contributed by atoms with Crippen molar-refractivity contribution < 1.29 is 13.2 Å². The first-order chi connectivity index (χ1) is 12.6. The van der Waals surface area contributed by atoms with Crippen LogP contribution in [-0.4, -0.2) is 35.6 Å². The molecule has 1 aromatic carbocycles. The largest absolute Gasteiger partial charge is 0.307 e. The molecule has 3 rings (SSSR count). The van der Waals surface area contributed by atoms with E-state index in [9.17, 15) is 13.2 Å². The molecule has 27 heavy (non-hydrogen) atoms. The highest BCUT2D eigenvalue weighted by molar-refractivity contribution is 7.91. The van der Waals surface area contributed by atoms with E-state index in [1.54, 1.807) is 28.9 Å². The quantitative estimate of drug-likeness (QED) is 0.873. The Morgan fingerprint density at radius 1 is 1.33 bits per heavy atom. The molecule has 0 saturated carbocycles. The van der Waals surface area contributed by atoms with Gasteiger partial charge >= 0.3 is 0 Å². The van der Waals surface area contributed by atoms with E-state index in [0.717, 1.165) is 5.69 Å². The Bertz CT molecular complexity index is 1030. The Morgan fingerprint density at radius 2 is 2.07 bits per heavy atom. The second-order valence-corrected chi connectivity index (χ2v) is 10.0. The number of carbonyl (C=O) groups excluding carboxylic acids is 1. The molecule has 2 aromatic rings. The maximum absolute atomic E-state index is 12.7. The summed E-state index contributed by atoms with van der Waals surface area (Å²) in [5.74, 6) is 0.245. The lowest BCUT2D eigenvalue weighted by Crippen LogP contribution is -2.20. The van der Waals surface area contributed by atoms with Gasteiger partial charge in [0, 0.05) is 17.0 Å². The van der Waals surface area contributed by atoms with Crippen molar-refractivity contribution in [2.75, 3.05) is 16.8 Å². The molecule has 0 unspecified atom stereocenters. The highest BCUT2D eigenvalue weighted by Gasteiger charge is 2.33. The number of nitrogens with zero attached hydrogens (tertiary/aromatic N) is 3. The maximum atomic E-state index is 12.7. The van der Waals surface area contributed by atoms with Gasteiger partial charge in [0.05, 0.1) is 34.9 Å². The molecule has 7 nitrogen and oxygen atoms in total. The van der Waals surface area contributed by atoms with Crippen LogP contribution in [0.1, 0.15) is 54.8 Å². The minimum absolute atomic E-state index is 0.0189. The summed E-state index contributed by atoms with van der Waals surface area (Å²) in [4.78, 5) is 12.7. The van der Waals surface area contributed by atoms with Gasteiger partial charge in [-0.2, -0.15) is 10.4 Å². The molecule has 1 amide bonds. The zero-order chi connectivity index (χ0) is 19.8. The average Bonchev–Trinajstić information content (AvgIpc) is 3.17. The van der Waals surface area contributed by atoms with Gasteiger partial charge in [0.2, 0.25) is 0 Å². The Labute approximate surface area is 158 Å². The molecular formula is C19H22N4O3S. The number of aromatic nitrogens is 2. The van der Waals surface area contributed by atoms with Gasteiger partial charge in [-0.3, -0.25) is 4.79 Å². The van der Waals surface area contributed by atoms with Gasteiger partial charge in [-0.1, -0.05) is 26.8 Å². The van der Waals surface area contributed by atoms with Crippen LogP contribution in [0.25, 0.3) is 0 Å². The zero-order valence-corrected chi connectivity index (χ0v) is 16.4. The number of nitriles is 1. The smallest absolute Gasteiger partial charge is 0.256 e. The third-order valence-corrected chi connectivity index (χ3v) is 6.30. The number of nitrogens with one attached hydrogen (secondary N) is 1. The lowest BCUT2D eigenvalue weighted by molar-refractivity contribution is 0.102. The fraction of sp³-hybridized carbons (Fsp3) is 0.421. The zero-order valence-electron chi connectivity index (χ0n) is 15.6. The minimum Gasteiger partial charge on any atom is -0.307 e. The summed E-state index contributed by atoms with van der Waals surface area (Å²) >= 11 is 0. The molecule has 142 valence electrons. The summed E-state index contributed by atoms with van der Waals surface area (Å²) in [6.07, 6.45) is 0.473. The number of sulfone groups is 1. The second kappa shape index (κ2) is 6.82. The highest BCUT2D eigenvalue weighted by Crippen LogP contribution is 2.31. The van der Waals surface area contributed by atoms with E-state index < -0.39 is 9.84 Å². The van der Waals surface area contributed by atoms with Crippen LogP contribution >= 0.6 is 0 Å². The normalized spacial score (nSPS) is 18.8. The third-order valence-electron chi connectivity index (χ3n) is 4.55. The van der Waals surface area contributed by atoms with Crippen LogP contribution in [0.5, 0.6) is 0 Å². The molecule has 0 spiro atoms. The number of anilines is 1. The molecule has 1 aliphatic heterocycles. The lowest BCUT2D eigenvalue weighted by atomic mass is 9.92. The topological polar surface area (TPSA) is 105 Å². The fourth-order valence-corrected chi connectivity index (χ4v) is 4.71. The molecular weight excluding hydrogens is 364 g/mol. The number of amides is 1. The monoisotopic (exact) mass is 386 g/mol. The lowest BCUT2D eigenvalue weighted by Gasteiger charge is -2.15. The number of rotatable bonds is 3. The van der Waals surface area contributed by atoms with Gasteiger partial charge in [-0.25, -0.2) is 13.1 Å². The van der Waals surface area contributed by atoms with Gasteiger partial charge in [0.15, 0.2) is 9.84 Å². The van der Waals surface area contributed by atoms with Crippen LogP contribution < -0.4 is 5.32 Å². The minimum atomic E-state index is -3.09. The molecule has 1 atom stereocenters. The molecule has 1 saturated heterocycles. The van der Waals surface area contributed by atoms with Crippen LogP contribution in [0.15, 0.2) is 30.3 Å². The molecule has 2 heterocycles. The molecule has 1 aliphatic rings. The molecule has 1 aromatic heterocycles. The SMILES string of the molecule is CC(C)(C)c1cc(NC(=O)c2cccc(C#N)c2)n([C@H]2CCS(=O)(=O)C2)n1. The highest BCUT2D eigenvalue weighted by atomic mass is 32.2. The standard InChI is InChI=1S/C19H22N4O3S/c1-19(2,3)16-10-17(23(22-16)15-7-8-27(25,26)12-15)21-18(24)14-6-4-5-13(9-14)11-20/h4-6,9-10,15H,7-8,12H2,1-3H3,(H,21,24)/t15-/m0/s1. The first-order valence-electron chi connectivity index (χ1n) is 8.71. The van der Waals surface area contributed by atoms with Crippen molar-refractivity contribution in [3.63, 3.8) is 0 Å². The summed E-state index contributed by atoms with van der Waals surface area (Å²) in [6.45, 7) is 6.02.